The summed E-state index contributed by atoms with van der Waals surface area (Å²) < 4.78 is 13.0. The van der Waals surface area contributed by atoms with Crippen molar-refractivity contribution in [3.8, 4) is 6.19 Å². The fraction of sp³-hybridized carbons (Fsp3) is 0.111. The molecule has 0 saturated carbocycles. The number of hydrogen-bond donors (Lipinski definition) is 1. The van der Waals surface area contributed by atoms with Gasteiger partial charge in [0.05, 0.1) is 10.6 Å². The van der Waals surface area contributed by atoms with Gasteiger partial charge in [0, 0.05) is 6.07 Å². The van der Waals surface area contributed by atoms with E-state index in [2.05, 4.69) is 10.3 Å². The Kier molecular flexibility index (Phi) is 4.42. The SMILES string of the molecule is CSC(=Nc1ccc(F)c([N+](=O)[O-])c1)NC#N. The zero-order chi connectivity index (χ0) is 12.8. The molecule has 0 aliphatic carbocycles. The number of nitrogens with one attached hydrogen (secondary N) is 1. The molecule has 0 radical (unpaired) electrons. The van der Waals surface area contributed by atoms with Crippen molar-refractivity contribution in [2.24, 2.45) is 4.99 Å². The van der Waals surface area contributed by atoms with E-state index in [0.717, 1.165) is 23.9 Å². The molecule has 8 heteroatoms. The standard InChI is InChI=1S/C9H7FN4O2S/c1-17-9(12-5-11)13-6-2-3-7(10)8(4-6)14(15)16/h2-4H,1H3,(H,12,13). The van der Waals surface area contributed by atoms with Gasteiger partial charge in [0.1, 0.15) is 0 Å². The Morgan fingerprint density at radius 2 is 2.41 bits per heavy atom. The van der Waals surface area contributed by atoms with Crippen LogP contribution in [0.15, 0.2) is 23.2 Å². The van der Waals surface area contributed by atoms with Gasteiger partial charge in [-0.3, -0.25) is 15.4 Å². The van der Waals surface area contributed by atoms with Gasteiger partial charge in [-0.2, -0.15) is 9.65 Å². The van der Waals surface area contributed by atoms with Crippen LogP contribution in [0.1, 0.15) is 0 Å². The van der Waals surface area contributed by atoms with Crippen LogP contribution in [0, 0.1) is 27.4 Å². The minimum absolute atomic E-state index is 0.199. The fourth-order valence-electron chi connectivity index (χ4n) is 1.00. The molecule has 1 aromatic carbocycles. The average Bonchev–Trinajstić information content (AvgIpc) is 2.30. The number of nitrogens with zero attached hydrogens (tertiary/aromatic N) is 3. The number of rotatable bonds is 2. The summed E-state index contributed by atoms with van der Waals surface area (Å²) in [5.41, 5.74) is -0.450. The van der Waals surface area contributed by atoms with Crippen molar-refractivity contribution in [1.29, 1.82) is 5.26 Å². The lowest BCUT2D eigenvalue weighted by Crippen LogP contribution is -2.12. The topological polar surface area (TPSA) is 91.3 Å². The highest BCUT2D eigenvalue weighted by molar-refractivity contribution is 8.13. The first-order valence-corrected chi connectivity index (χ1v) is 5.52. The number of thioether (sulfide) groups is 1. The Hall–Kier alpha value is -2.14. The number of aliphatic imine (C=N–C) groups is 1. The van der Waals surface area contributed by atoms with Gasteiger partial charge in [-0.15, -0.1) is 0 Å². The molecule has 17 heavy (non-hydrogen) atoms. The fourth-order valence-corrected chi connectivity index (χ4v) is 1.34. The monoisotopic (exact) mass is 254 g/mol. The minimum atomic E-state index is -0.923. The van der Waals surface area contributed by atoms with Crippen LogP contribution < -0.4 is 5.32 Å². The molecular weight excluding hydrogens is 247 g/mol. The largest absolute Gasteiger partial charge is 0.306 e. The number of benzene rings is 1. The van der Waals surface area contributed by atoms with Crippen LogP contribution >= 0.6 is 11.8 Å². The highest BCUT2D eigenvalue weighted by Crippen LogP contribution is 2.24. The van der Waals surface area contributed by atoms with Crippen molar-refractivity contribution < 1.29 is 9.31 Å². The molecule has 0 aromatic heterocycles. The number of nitriles is 1. The third-order valence-corrected chi connectivity index (χ3v) is 2.29. The molecule has 1 N–H and O–H groups in total. The van der Waals surface area contributed by atoms with E-state index in [-0.39, 0.29) is 10.9 Å². The van der Waals surface area contributed by atoms with Crippen molar-refractivity contribution in [3.05, 3.63) is 34.1 Å². The quantitative estimate of drug-likeness (QED) is 0.218. The summed E-state index contributed by atoms with van der Waals surface area (Å²) >= 11 is 1.16. The molecule has 1 rings (SSSR count). The first-order valence-electron chi connectivity index (χ1n) is 4.30. The molecule has 0 unspecified atom stereocenters. The van der Waals surface area contributed by atoms with Crippen LogP contribution in [0.4, 0.5) is 15.8 Å². The van der Waals surface area contributed by atoms with Crippen LogP contribution in [-0.2, 0) is 0 Å². The second kappa shape index (κ2) is 5.81. The molecule has 88 valence electrons. The summed E-state index contributed by atoms with van der Waals surface area (Å²) in [6, 6.07) is 3.25. The normalized spacial score (nSPS) is 10.8. The Morgan fingerprint density at radius 3 is 2.94 bits per heavy atom. The highest BCUT2D eigenvalue weighted by atomic mass is 32.2. The van der Waals surface area contributed by atoms with E-state index < -0.39 is 16.4 Å². The highest BCUT2D eigenvalue weighted by Gasteiger charge is 2.14. The third-order valence-electron chi connectivity index (χ3n) is 1.71. The van der Waals surface area contributed by atoms with Gasteiger partial charge in [0.2, 0.25) is 5.82 Å². The van der Waals surface area contributed by atoms with E-state index in [0.29, 0.717) is 0 Å². The van der Waals surface area contributed by atoms with Crippen LogP contribution in [0.5, 0.6) is 0 Å². The molecule has 0 aliphatic heterocycles. The molecule has 0 heterocycles. The van der Waals surface area contributed by atoms with Gasteiger partial charge >= 0.3 is 5.69 Å². The number of halogens is 1. The average molecular weight is 254 g/mol. The second-order valence-electron chi connectivity index (χ2n) is 2.75. The Balaban J connectivity index is 3.12. The number of nitro benzene ring substituents is 1. The van der Waals surface area contributed by atoms with Gasteiger partial charge in [0.25, 0.3) is 0 Å². The molecule has 0 atom stereocenters. The zero-order valence-electron chi connectivity index (χ0n) is 8.68. The van der Waals surface area contributed by atoms with Gasteiger partial charge in [-0.05, 0) is 18.4 Å². The summed E-state index contributed by atoms with van der Waals surface area (Å²) in [5, 5.41) is 21.5. The molecule has 0 spiro atoms. The molecule has 0 amide bonds. The maximum Gasteiger partial charge on any atom is 0.306 e. The Bertz CT molecular complexity index is 512. The number of nitro groups is 1. The Morgan fingerprint density at radius 1 is 1.71 bits per heavy atom. The lowest BCUT2D eigenvalue weighted by Gasteiger charge is -2.00. The van der Waals surface area contributed by atoms with Crippen LogP contribution in [0.3, 0.4) is 0 Å². The molecular formula is C9H7FN4O2S. The van der Waals surface area contributed by atoms with Crippen molar-refractivity contribution in [2.75, 3.05) is 6.26 Å². The first kappa shape index (κ1) is 12.9. The number of amidine groups is 1. The van der Waals surface area contributed by atoms with Gasteiger partial charge in [-0.25, -0.2) is 4.99 Å². The van der Waals surface area contributed by atoms with Crippen molar-refractivity contribution in [1.82, 2.24) is 5.32 Å². The molecule has 0 aliphatic rings. The molecule has 0 bridgehead atoms. The van der Waals surface area contributed by atoms with Crippen LogP contribution in [-0.4, -0.2) is 16.3 Å². The molecule has 0 saturated heterocycles. The van der Waals surface area contributed by atoms with E-state index >= 15 is 0 Å². The predicted octanol–water partition coefficient (Wildman–Crippen LogP) is 2.16. The second-order valence-corrected chi connectivity index (χ2v) is 3.55. The molecule has 1 aromatic rings. The summed E-state index contributed by atoms with van der Waals surface area (Å²) in [5.74, 6) is -0.923. The van der Waals surface area contributed by atoms with E-state index in [1.165, 1.54) is 6.07 Å². The maximum absolute atomic E-state index is 13.0. The number of hydrogen-bond acceptors (Lipinski definition) is 5. The summed E-state index contributed by atoms with van der Waals surface area (Å²) in [7, 11) is 0. The predicted molar refractivity (Wildman–Crippen MR) is 62.4 cm³/mol. The smallest absolute Gasteiger partial charge is 0.271 e. The van der Waals surface area contributed by atoms with Crippen molar-refractivity contribution >= 4 is 28.3 Å². The lowest BCUT2D eigenvalue weighted by molar-refractivity contribution is -0.387. The van der Waals surface area contributed by atoms with Gasteiger partial charge in [-0.1, -0.05) is 11.8 Å². The lowest BCUT2D eigenvalue weighted by atomic mass is 10.3. The Labute approximate surface area is 100 Å². The minimum Gasteiger partial charge on any atom is -0.271 e. The summed E-state index contributed by atoms with van der Waals surface area (Å²) in [6.45, 7) is 0. The molecule has 6 nitrogen and oxygen atoms in total. The van der Waals surface area contributed by atoms with E-state index in [4.69, 9.17) is 5.26 Å². The van der Waals surface area contributed by atoms with Gasteiger partial charge < -0.3 is 0 Å². The van der Waals surface area contributed by atoms with Crippen molar-refractivity contribution in [3.63, 3.8) is 0 Å². The summed E-state index contributed by atoms with van der Waals surface area (Å²) in [6.07, 6.45) is 3.36. The zero-order valence-corrected chi connectivity index (χ0v) is 9.49. The van der Waals surface area contributed by atoms with Crippen molar-refractivity contribution in [2.45, 2.75) is 0 Å². The molecule has 0 fully saturated rings. The first-order chi connectivity index (χ1) is 8.08. The van der Waals surface area contributed by atoms with E-state index in [1.54, 1.807) is 12.4 Å². The van der Waals surface area contributed by atoms with Gasteiger partial charge in [0.15, 0.2) is 11.4 Å². The van der Waals surface area contributed by atoms with E-state index in [9.17, 15) is 14.5 Å². The van der Waals surface area contributed by atoms with E-state index in [1.807, 2.05) is 0 Å². The van der Waals surface area contributed by atoms with Crippen LogP contribution in [0.2, 0.25) is 0 Å². The van der Waals surface area contributed by atoms with Crippen LogP contribution in [0.25, 0.3) is 0 Å². The summed E-state index contributed by atoms with van der Waals surface area (Å²) in [4.78, 5) is 13.6. The third kappa shape index (κ3) is 3.42. The maximum atomic E-state index is 13.0.